The van der Waals surface area contributed by atoms with Crippen LogP contribution in [0.1, 0.15) is 54.8 Å². The summed E-state index contributed by atoms with van der Waals surface area (Å²) in [5.41, 5.74) is 0.738. The van der Waals surface area contributed by atoms with Crippen molar-refractivity contribution in [2.24, 2.45) is 5.92 Å². The summed E-state index contributed by atoms with van der Waals surface area (Å²) in [6, 6.07) is -0.152. The highest BCUT2D eigenvalue weighted by atomic mass is 16.5. The van der Waals surface area contributed by atoms with Crippen LogP contribution in [0.5, 0.6) is 0 Å². The molecule has 1 amide bonds. The molecular weight excluding hydrogens is 260 g/mol. The van der Waals surface area contributed by atoms with Crippen LogP contribution < -0.4 is 0 Å². The van der Waals surface area contributed by atoms with Crippen molar-refractivity contribution in [1.29, 1.82) is 0 Å². The summed E-state index contributed by atoms with van der Waals surface area (Å²) < 4.78 is 4.98. The van der Waals surface area contributed by atoms with Gasteiger partial charge in [0.25, 0.3) is 0 Å². The molecule has 7 heteroatoms. The topological polar surface area (TPSA) is 88.2 Å². The predicted octanol–water partition coefficient (Wildman–Crippen LogP) is 1.05. The van der Waals surface area contributed by atoms with Crippen molar-refractivity contribution in [3.63, 3.8) is 0 Å². The van der Waals surface area contributed by atoms with E-state index in [1.54, 1.807) is 6.92 Å². The maximum atomic E-state index is 12.3. The molecule has 0 bridgehead atoms. The molecule has 1 N–H and O–H groups in total. The molecule has 1 unspecified atom stereocenters. The standard InChI is InChI=1S/C13H18N4O3/c1-2-20-13(19)11-10(14-16-15-11)9-4-3-7-17(9)12(18)8-5-6-8/h8-9H,2-7H2,1H3,(H,14,15,16). The van der Waals surface area contributed by atoms with Crippen molar-refractivity contribution < 1.29 is 14.3 Å². The molecule has 108 valence electrons. The molecule has 2 heterocycles. The van der Waals surface area contributed by atoms with Crippen LogP contribution in [0.4, 0.5) is 0 Å². The fourth-order valence-electron chi connectivity index (χ4n) is 2.70. The molecule has 2 fully saturated rings. The molecule has 1 aromatic rings. The summed E-state index contributed by atoms with van der Waals surface area (Å²) in [5.74, 6) is -0.124. The van der Waals surface area contributed by atoms with Gasteiger partial charge in [-0.05, 0) is 32.6 Å². The normalized spacial score (nSPS) is 22.1. The summed E-state index contributed by atoms with van der Waals surface area (Å²) >= 11 is 0. The number of ether oxygens (including phenoxy) is 1. The van der Waals surface area contributed by atoms with Gasteiger partial charge in [-0.15, -0.1) is 5.10 Å². The summed E-state index contributed by atoms with van der Waals surface area (Å²) in [4.78, 5) is 26.0. The number of hydrogen-bond donors (Lipinski definition) is 1. The largest absolute Gasteiger partial charge is 0.461 e. The number of hydrogen-bond acceptors (Lipinski definition) is 5. The first-order valence-corrected chi connectivity index (χ1v) is 7.10. The molecule has 3 rings (SSSR count). The van der Waals surface area contributed by atoms with Gasteiger partial charge in [0.1, 0.15) is 5.69 Å². The molecule has 0 aromatic carbocycles. The van der Waals surface area contributed by atoms with Crippen molar-refractivity contribution in [3.8, 4) is 0 Å². The van der Waals surface area contributed by atoms with E-state index in [0.29, 0.717) is 12.3 Å². The minimum absolute atomic E-state index is 0.152. The van der Waals surface area contributed by atoms with Crippen molar-refractivity contribution in [2.45, 2.75) is 38.6 Å². The third-order valence-corrected chi connectivity index (χ3v) is 3.82. The molecule has 1 saturated carbocycles. The minimum Gasteiger partial charge on any atom is -0.461 e. The number of amides is 1. The van der Waals surface area contributed by atoms with E-state index in [-0.39, 0.29) is 23.6 Å². The number of aromatic amines is 1. The summed E-state index contributed by atoms with van der Waals surface area (Å²) in [6.45, 7) is 2.77. The molecule has 20 heavy (non-hydrogen) atoms. The van der Waals surface area contributed by atoms with E-state index in [1.807, 2.05) is 4.90 Å². The van der Waals surface area contributed by atoms with Gasteiger partial charge in [0, 0.05) is 12.5 Å². The molecule has 1 saturated heterocycles. The van der Waals surface area contributed by atoms with E-state index in [0.717, 1.165) is 32.2 Å². The van der Waals surface area contributed by atoms with Gasteiger partial charge in [0.05, 0.1) is 12.6 Å². The smallest absolute Gasteiger partial charge is 0.360 e. The molecule has 1 aromatic heterocycles. The number of rotatable bonds is 4. The molecule has 1 aliphatic heterocycles. The van der Waals surface area contributed by atoms with Gasteiger partial charge in [0.15, 0.2) is 5.69 Å². The second-order valence-electron chi connectivity index (χ2n) is 5.24. The Balaban J connectivity index is 1.82. The van der Waals surface area contributed by atoms with Crippen molar-refractivity contribution >= 4 is 11.9 Å². The van der Waals surface area contributed by atoms with E-state index in [1.165, 1.54) is 0 Å². The molecule has 1 aliphatic carbocycles. The Kier molecular flexibility index (Phi) is 3.42. The second-order valence-corrected chi connectivity index (χ2v) is 5.24. The van der Waals surface area contributed by atoms with E-state index >= 15 is 0 Å². The fourth-order valence-corrected chi connectivity index (χ4v) is 2.70. The number of likely N-dealkylation sites (tertiary alicyclic amines) is 1. The maximum Gasteiger partial charge on any atom is 0.360 e. The Bertz CT molecular complexity index is 523. The van der Waals surface area contributed by atoms with Gasteiger partial charge in [-0.2, -0.15) is 10.3 Å². The third kappa shape index (κ3) is 2.28. The van der Waals surface area contributed by atoms with Crippen molar-refractivity contribution in [2.75, 3.05) is 13.2 Å². The van der Waals surface area contributed by atoms with E-state index < -0.39 is 5.97 Å². The molecule has 2 aliphatic rings. The second kappa shape index (κ2) is 5.22. The molecular formula is C13H18N4O3. The number of carbonyl (C=O) groups is 2. The average molecular weight is 278 g/mol. The lowest BCUT2D eigenvalue weighted by Gasteiger charge is -2.23. The highest BCUT2D eigenvalue weighted by Gasteiger charge is 2.41. The fraction of sp³-hybridized carbons (Fsp3) is 0.692. The lowest BCUT2D eigenvalue weighted by atomic mass is 10.1. The molecule has 0 radical (unpaired) electrons. The number of H-pyrrole nitrogens is 1. The molecule has 7 nitrogen and oxygen atoms in total. The number of nitrogens with zero attached hydrogens (tertiary/aromatic N) is 3. The molecule has 0 spiro atoms. The average Bonchev–Trinajstić information content (AvgIpc) is 2.99. The lowest BCUT2D eigenvalue weighted by molar-refractivity contribution is -0.133. The first-order valence-electron chi connectivity index (χ1n) is 7.10. The SMILES string of the molecule is CCOC(=O)c1n[nH]nc1C1CCCN1C(=O)C1CC1. The van der Waals surface area contributed by atoms with Crippen LogP contribution in [0, 0.1) is 5.92 Å². The van der Waals surface area contributed by atoms with Crippen LogP contribution in [-0.4, -0.2) is 45.3 Å². The van der Waals surface area contributed by atoms with E-state index in [9.17, 15) is 9.59 Å². The maximum absolute atomic E-state index is 12.3. The Hall–Kier alpha value is -1.92. The van der Waals surface area contributed by atoms with Crippen LogP contribution in [-0.2, 0) is 9.53 Å². The van der Waals surface area contributed by atoms with Gasteiger partial charge in [-0.25, -0.2) is 4.79 Å². The Morgan fingerprint density at radius 3 is 2.85 bits per heavy atom. The first kappa shape index (κ1) is 13.1. The predicted molar refractivity (Wildman–Crippen MR) is 68.8 cm³/mol. The van der Waals surface area contributed by atoms with Gasteiger partial charge < -0.3 is 9.64 Å². The van der Waals surface area contributed by atoms with Crippen LogP contribution in [0.2, 0.25) is 0 Å². The van der Waals surface area contributed by atoms with Gasteiger partial charge in [-0.1, -0.05) is 0 Å². The van der Waals surface area contributed by atoms with E-state index in [4.69, 9.17) is 4.74 Å². The Morgan fingerprint density at radius 1 is 1.35 bits per heavy atom. The number of carbonyl (C=O) groups excluding carboxylic acids is 2. The summed E-state index contributed by atoms with van der Waals surface area (Å²) in [7, 11) is 0. The van der Waals surface area contributed by atoms with Crippen molar-refractivity contribution in [3.05, 3.63) is 11.4 Å². The number of esters is 1. The van der Waals surface area contributed by atoms with Crippen LogP contribution in [0.25, 0.3) is 0 Å². The van der Waals surface area contributed by atoms with Gasteiger partial charge in [-0.3, -0.25) is 4.79 Å². The zero-order chi connectivity index (χ0) is 14.1. The van der Waals surface area contributed by atoms with Crippen LogP contribution >= 0.6 is 0 Å². The lowest BCUT2D eigenvalue weighted by Crippen LogP contribution is -2.32. The van der Waals surface area contributed by atoms with Crippen LogP contribution in [0.15, 0.2) is 0 Å². The highest BCUT2D eigenvalue weighted by molar-refractivity contribution is 5.89. The molecule has 1 atom stereocenters. The minimum atomic E-state index is -0.484. The summed E-state index contributed by atoms with van der Waals surface area (Å²) in [5, 5.41) is 10.4. The first-order chi connectivity index (χ1) is 9.72. The summed E-state index contributed by atoms with van der Waals surface area (Å²) in [6.07, 6.45) is 3.70. The monoisotopic (exact) mass is 278 g/mol. The third-order valence-electron chi connectivity index (χ3n) is 3.82. The van der Waals surface area contributed by atoms with Crippen LogP contribution in [0.3, 0.4) is 0 Å². The van der Waals surface area contributed by atoms with Gasteiger partial charge >= 0.3 is 5.97 Å². The van der Waals surface area contributed by atoms with Gasteiger partial charge in [0.2, 0.25) is 5.91 Å². The Labute approximate surface area is 116 Å². The zero-order valence-electron chi connectivity index (χ0n) is 11.5. The van der Waals surface area contributed by atoms with Crippen molar-refractivity contribution in [1.82, 2.24) is 20.3 Å². The highest BCUT2D eigenvalue weighted by Crippen LogP contribution is 2.38. The van der Waals surface area contributed by atoms with E-state index in [2.05, 4.69) is 15.4 Å². The number of nitrogens with one attached hydrogen (secondary N) is 1. The Morgan fingerprint density at radius 2 is 2.15 bits per heavy atom. The quantitative estimate of drug-likeness (QED) is 0.832. The number of aromatic nitrogens is 3. The zero-order valence-corrected chi connectivity index (χ0v) is 11.5.